The molecule has 1 amide bonds. The van der Waals surface area contributed by atoms with Gasteiger partial charge in [-0.25, -0.2) is 18.9 Å². The summed E-state index contributed by atoms with van der Waals surface area (Å²) in [6.07, 6.45) is 5.21. The zero-order chi connectivity index (χ0) is 21.8. The van der Waals surface area contributed by atoms with Gasteiger partial charge in [0.25, 0.3) is 0 Å². The van der Waals surface area contributed by atoms with Gasteiger partial charge < -0.3 is 9.47 Å². The zero-order valence-electron chi connectivity index (χ0n) is 17.0. The van der Waals surface area contributed by atoms with E-state index in [0.717, 1.165) is 24.1 Å². The van der Waals surface area contributed by atoms with Crippen molar-refractivity contribution in [1.82, 2.24) is 29.0 Å². The van der Waals surface area contributed by atoms with Crippen molar-refractivity contribution in [1.29, 1.82) is 5.26 Å². The predicted molar refractivity (Wildman–Crippen MR) is 113 cm³/mol. The van der Waals surface area contributed by atoms with Crippen LogP contribution in [0.2, 0.25) is 0 Å². The van der Waals surface area contributed by atoms with Crippen molar-refractivity contribution in [3.63, 3.8) is 0 Å². The molecule has 3 aromatic heterocycles. The van der Waals surface area contributed by atoms with E-state index in [2.05, 4.69) is 21.1 Å². The number of halogens is 1. The molecule has 8 nitrogen and oxygen atoms in total. The molecule has 4 aromatic rings. The minimum atomic E-state index is -0.320. The summed E-state index contributed by atoms with van der Waals surface area (Å²) in [6.45, 7) is 1.25. The normalized spacial score (nSPS) is 16.2. The maximum absolute atomic E-state index is 13.5. The Bertz CT molecular complexity index is 1390. The van der Waals surface area contributed by atoms with Crippen molar-refractivity contribution in [2.45, 2.75) is 18.9 Å². The molecule has 1 saturated heterocycles. The summed E-state index contributed by atoms with van der Waals surface area (Å²) in [4.78, 5) is 23.1. The van der Waals surface area contributed by atoms with Gasteiger partial charge in [0.15, 0.2) is 11.3 Å². The van der Waals surface area contributed by atoms with Crippen molar-refractivity contribution < 1.29 is 9.18 Å². The van der Waals surface area contributed by atoms with Crippen LogP contribution in [0.1, 0.15) is 24.6 Å². The number of nitrogens with zero attached hydrogens (tertiary/aromatic N) is 7. The smallest absolute Gasteiger partial charge is 0.225 e. The second-order valence-electron chi connectivity index (χ2n) is 8.27. The third-order valence-electron chi connectivity index (χ3n) is 6.12. The summed E-state index contributed by atoms with van der Waals surface area (Å²) in [7, 11) is 0. The lowest BCUT2D eigenvalue weighted by Gasteiger charge is -2.40. The Kier molecular flexibility index (Phi) is 4.08. The first-order valence-corrected chi connectivity index (χ1v) is 10.5. The van der Waals surface area contributed by atoms with Gasteiger partial charge in [-0.3, -0.25) is 4.79 Å². The maximum Gasteiger partial charge on any atom is 0.225 e. The Morgan fingerprint density at radius 2 is 1.88 bits per heavy atom. The molecule has 4 heterocycles. The van der Waals surface area contributed by atoms with Crippen LogP contribution in [-0.4, -0.2) is 48.0 Å². The molecule has 2 aliphatic rings. The number of likely N-dealkylation sites (tertiary alicyclic amines) is 1. The summed E-state index contributed by atoms with van der Waals surface area (Å²) in [6, 6.07) is 12.0. The highest BCUT2D eigenvalue weighted by molar-refractivity contribution is 5.82. The van der Waals surface area contributed by atoms with E-state index >= 15 is 0 Å². The molecule has 1 aromatic carbocycles. The molecule has 0 radical (unpaired) electrons. The van der Waals surface area contributed by atoms with E-state index in [1.54, 1.807) is 24.5 Å². The monoisotopic (exact) mass is 427 g/mol. The lowest BCUT2D eigenvalue weighted by atomic mass is 10.0. The first-order chi connectivity index (χ1) is 15.6. The Hall–Kier alpha value is -4.06. The third kappa shape index (κ3) is 2.95. The number of benzene rings is 1. The molecule has 158 valence electrons. The molecule has 0 atom stereocenters. The number of carbonyl (C=O) groups is 1. The average Bonchev–Trinajstić information content (AvgIpc) is 3.42. The topological polar surface area (TPSA) is 92.1 Å². The van der Waals surface area contributed by atoms with Crippen molar-refractivity contribution >= 4 is 11.6 Å². The van der Waals surface area contributed by atoms with E-state index < -0.39 is 0 Å². The highest BCUT2D eigenvalue weighted by Crippen LogP contribution is 2.38. The van der Waals surface area contributed by atoms with E-state index in [1.807, 2.05) is 15.5 Å². The fourth-order valence-electron chi connectivity index (χ4n) is 4.19. The van der Waals surface area contributed by atoms with Crippen LogP contribution in [0, 0.1) is 23.1 Å². The van der Waals surface area contributed by atoms with E-state index in [4.69, 9.17) is 0 Å². The minimum Gasteiger partial charge on any atom is -0.338 e. The number of rotatable bonds is 4. The molecule has 32 heavy (non-hydrogen) atoms. The van der Waals surface area contributed by atoms with Crippen LogP contribution < -0.4 is 0 Å². The van der Waals surface area contributed by atoms with Gasteiger partial charge in [0.05, 0.1) is 30.0 Å². The fraction of sp³-hybridized carbons (Fsp3) is 0.261. The lowest BCUT2D eigenvalue weighted by Crippen LogP contribution is -2.51. The highest BCUT2D eigenvalue weighted by Gasteiger charge is 2.40. The van der Waals surface area contributed by atoms with Crippen LogP contribution in [-0.2, 0) is 4.79 Å². The summed E-state index contributed by atoms with van der Waals surface area (Å²) in [5.41, 5.74) is 3.72. The third-order valence-corrected chi connectivity index (χ3v) is 6.12. The SMILES string of the molecule is N#Cc1cnc2ccc(-c3c(-c4ccc(F)cc4)ncn3C3CN(C(=O)C4CC4)C3)nn12. The molecule has 0 spiro atoms. The zero-order valence-corrected chi connectivity index (χ0v) is 17.0. The van der Waals surface area contributed by atoms with E-state index in [9.17, 15) is 14.4 Å². The summed E-state index contributed by atoms with van der Waals surface area (Å²) < 4.78 is 17.1. The molecule has 0 bridgehead atoms. The Morgan fingerprint density at radius 3 is 2.59 bits per heavy atom. The van der Waals surface area contributed by atoms with Crippen molar-refractivity contribution in [3.8, 4) is 28.7 Å². The summed E-state index contributed by atoms with van der Waals surface area (Å²) >= 11 is 0. The highest BCUT2D eigenvalue weighted by atomic mass is 19.1. The van der Waals surface area contributed by atoms with E-state index in [1.165, 1.54) is 22.8 Å². The number of hydrogen-bond acceptors (Lipinski definition) is 5. The molecule has 6 rings (SSSR count). The van der Waals surface area contributed by atoms with Crippen LogP contribution in [0.15, 0.2) is 48.9 Å². The van der Waals surface area contributed by atoms with Gasteiger partial charge in [-0.1, -0.05) is 0 Å². The lowest BCUT2D eigenvalue weighted by molar-refractivity contribution is -0.138. The minimum absolute atomic E-state index is 0.0742. The molecular weight excluding hydrogens is 409 g/mol. The van der Waals surface area contributed by atoms with Crippen LogP contribution in [0.4, 0.5) is 4.39 Å². The molecule has 1 aliphatic carbocycles. The Balaban J connectivity index is 1.44. The molecule has 1 saturated carbocycles. The number of hydrogen-bond donors (Lipinski definition) is 0. The summed E-state index contributed by atoms with van der Waals surface area (Å²) in [5.74, 6) is 0.112. The quantitative estimate of drug-likeness (QED) is 0.499. The van der Waals surface area contributed by atoms with Crippen LogP contribution in [0.3, 0.4) is 0 Å². The number of imidazole rings is 2. The molecule has 9 heteroatoms. The van der Waals surface area contributed by atoms with Gasteiger partial charge in [0, 0.05) is 24.6 Å². The van der Waals surface area contributed by atoms with Gasteiger partial charge in [0.2, 0.25) is 5.91 Å². The summed E-state index contributed by atoms with van der Waals surface area (Å²) in [5, 5.41) is 14.0. The van der Waals surface area contributed by atoms with Gasteiger partial charge in [-0.05, 0) is 49.2 Å². The van der Waals surface area contributed by atoms with E-state index in [-0.39, 0.29) is 23.7 Å². The largest absolute Gasteiger partial charge is 0.338 e. The van der Waals surface area contributed by atoms with Gasteiger partial charge in [-0.2, -0.15) is 10.4 Å². The Morgan fingerprint density at radius 1 is 1.09 bits per heavy atom. The first-order valence-electron chi connectivity index (χ1n) is 10.5. The second kappa shape index (κ2) is 6.99. The fourth-order valence-corrected chi connectivity index (χ4v) is 4.19. The van der Waals surface area contributed by atoms with Gasteiger partial charge in [0.1, 0.15) is 17.6 Å². The predicted octanol–water partition coefficient (Wildman–Crippen LogP) is 3.06. The van der Waals surface area contributed by atoms with Crippen LogP contribution >= 0.6 is 0 Å². The molecular formula is C23H18FN7O. The van der Waals surface area contributed by atoms with Gasteiger partial charge in [-0.15, -0.1) is 0 Å². The molecule has 2 fully saturated rings. The second-order valence-corrected chi connectivity index (χ2v) is 8.27. The number of nitriles is 1. The van der Waals surface area contributed by atoms with Crippen molar-refractivity contribution in [2.24, 2.45) is 5.92 Å². The van der Waals surface area contributed by atoms with Crippen LogP contribution in [0.5, 0.6) is 0 Å². The molecule has 0 unspecified atom stereocenters. The number of aromatic nitrogens is 5. The number of amides is 1. The average molecular weight is 427 g/mol. The number of fused-ring (bicyclic) bond motifs is 1. The van der Waals surface area contributed by atoms with Crippen molar-refractivity contribution in [2.75, 3.05) is 13.1 Å². The maximum atomic E-state index is 13.5. The van der Waals surface area contributed by atoms with Crippen molar-refractivity contribution in [3.05, 3.63) is 60.4 Å². The van der Waals surface area contributed by atoms with Crippen LogP contribution in [0.25, 0.3) is 28.3 Å². The van der Waals surface area contributed by atoms with Gasteiger partial charge >= 0.3 is 0 Å². The molecule has 1 aliphatic heterocycles. The Labute approximate surface area is 182 Å². The molecule has 0 N–H and O–H groups in total. The number of carbonyl (C=O) groups excluding carboxylic acids is 1. The standard InChI is InChI=1S/C23H18FN7O/c24-16-5-3-14(4-6-16)21-22(19-7-8-20-26-10-17(9-25)31(20)28-19)30(13-27-21)18-11-29(12-18)23(32)15-1-2-15/h3-8,10,13,15,18H,1-2,11-12H2. The first kappa shape index (κ1) is 18.7. The van der Waals surface area contributed by atoms with E-state index in [0.29, 0.717) is 35.8 Å².